The average molecular weight is 399 g/mol. The number of likely N-dealkylation sites (tertiary alicyclic amines) is 1. The van der Waals surface area contributed by atoms with Gasteiger partial charge >= 0.3 is 0 Å². The van der Waals surface area contributed by atoms with Crippen molar-refractivity contribution in [2.75, 3.05) is 32.1 Å². The molecule has 0 amide bonds. The first kappa shape index (κ1) is 20.6. The fourth-order valence-electron chi connectivity index (χ4n) is 3.83. The van der Waals surface area contributed by atoms with E-state index < -0.39 is 0 Å². The fraction of sp³-hybridized carbons (Fsp3) is 0.435. The van der Waals surface area contributed by atoms with Crippen molar-refractivity contribution in [3.8, 4) is 5.75 Å². The molecule has 4 nitrogen and oxygen atoms in total. The largest absolute Gasteiger partial charge is 0.497 e. The second-order valence-electron chi connectivity index (χ2n) is 7.80. The minimum atomic E-state index is 0.386. The Kier molecular flexibility index (Phi) is 7.29. The van der Waals surface area contributed by atoms with Crippen LogP contribution in [0.3, 0.4) is 0 Å². The first-order chi connectivity index (χ1) is 13.6. The maximum atomic E-state index is 5.55. The zero-order valence-electron chi connectivity index (χ0n) is 17.1. The summed E-state index contributed by atoms with van der Waals surface area (Å²) >= 11 is 5.55. The van der Waals surface area contributed by atoms with Crippen molar-refractivity contribution in [3.05, 3.63) is 59.7 Å². The maximum absolute atomic E-state index is 5.55. The maximum Gasteiger partial charge on any atom is 0.171 e. The van der Waals surface area contributed by atoms with Gasteiger partial charge in [0.1, 0.15) is 11.8 Å². The van der Waals surface area contributed by atoms with Crippen molar-refractivity contribution in [2.45, 2.75) is 38.6 Å². The summed E-state index contributed by atoms with van der Waals surface area (Å²) in [6.07, 6.45) is 2.60. The molecule has 1 fully saturated rings. The molecule has 150 valence electrons. The molecule has 1 aliphatic heterocycles. The Bertz CT molecular complexity index is 752. The Labute approximate surface area is 174 Å². The predicted octanol–water partition coefficient (Wildman–Crippen LogP) is 3.53. The van der Waals surface area contributed by atoms with E-state index in [9.17, 15) is 0 Å². The molecular formula is C23H32N3OS+. The highest BCUT2D eigenvalue weighted by Crippen LogP contribution is 2.18. The van der Waals surface area contributed by atoms with E-state index in [1.165, 1.54) is 37.1 Å². The first-order valence-corrected chi connectivity index (χ1v) is 10.6. The van der Waals surface area contributed by atoms with Crippen LogP contribution in [0.1, 0.15) is 49.8 Å². The molecule has 0 spiro atoms. The van der Waals surface area contributed by atoms with Crippen LogP contribution < -0.4 is 20.3 Å². The molecule has 1 heterocycles. The van der Waals surface area contributed by atoms with Gasteiger partial charge in [-0.1, -0.05) is 26.0 Å². The highest BCUT2D eigenvalue weighted by Gasteiger charge is 2.27. The number of quaternary nitrogens is 1. The van der Waals surface area contributed by atoms with Gasteiger partial charge < -0.3 is 20.3 Å². The number of rotatable bonds is 7. The normalized spacial score (nSPS) is 15.4. The van der Waals surface area contributed by atoms with Crippen molar-refractivity contribution >= 4 is 23.0 Å². The van der Waals surface area contributed by atoms with Gasteiger partial charge in [-0.2, -0.15) is 0 Å². The molecule has 0 radical (unpaired) electrons. The van der Waals surface area contributed by atoms with Crippen molar-refractivity contribution in [3.63, 3.8) is 0 Å². The Morgan fingerprint density at radius 3 is 2.18 bits per heavy atom. The van der Waals surface area contributed by atoms with E-state index in [-0.39, 0.29) is 0 Å². The summed E-state index contributed by atoms with van der Waals surface area (Å²) in [6, 6.07) is 17.3. The number of methoxy groups -OCH3 is 1. The summed E-state index contributed by atoms with van der Waals surface area (Å²) in [7, 11) is 1.71. The topological polar surface area (TPSA) is 37.7 Å². The van der Waals surface area contributed by atoms with E-state index in [0.29, 0.717) is 17.1 Å². The second kappa shape index (κ2) is 9.89. The highest BCUT2D eigenvalue weighted by atomic mass is 32.1. The van der Waals surface area contributed by atoms with Crippen LogP contribution in [0.25, 0.3) is 0 Å². The van der Waals surface area contributed by atoms with Crippen LogP contribution in [0.15, 0.2) is 48.5 Å². The number of nitrogens with one attached hydrogen (secondary N) is 3. The van der Waals surface area contributed by atoms with Crippen LogP contribution in [-0.2, 0) is 0 Å². The van der Waals surface area contributed by atoms with E-state index in [0.717, 1.165) is 18.0 Å². The quantitative estimate of drug-likeness (QED) is 0.624. The second-order valence-corrected chi connectivity index (χ2v) is 8.21. The lowest BCUT2D eigenvalue weighted by Crippen LogP contribution is -3.11. The standard InChI is InChI=1S/C23H31N3OS/c1-17(2)18-6-10-20(11-7-18)25-23(28)24-16-22(26-14-4-5-15-26)19-8-12-21(27-3)13-9-19/h6-13,17,22H,4-5,14-16H2,1-3H3,(H2,24,25,28)/p+1/t22-/m0/s1. The molecule has 2 aromatic carbocycles. The lowest BCUT2D eigenvalue weighted by Gasteiger charge is -2.26. The van der Waals surface area contributed by atoms with Gasteiger partial charge in [-0.3, -0.25) is 0 Å². The summed E-state index contributed by atoms with van der Waals surface area (Å²) in [5, 5.41) is 7.43. The summed E-state index contributed by atoms with van der Waals surface area (Å²) < 4.78 is 5.31. The van der Waals surface area contributed by atoms with Gasteiger partial charge in [0.25, 0.3) is 0 Å². The predicted molar refractivity (Wildman–Crippen MR) is 120 cm³/mol. The molecule has 1 saturated heterocycles. The van der Waals surface area contributed by atoms with Crippen molar-refractivity contribution in [2.24, 2.45) is 0 Å². The summed E-state index contributed by atoms with van der Waals surface area (Å²) in [6.45, 7) is 7.66. The molecule has 0 aliphatic carbocycles. The highest BCUT2D eigenvalue weighted by molar-refractivity contribution is 7.80. The third-order valence-corrected chi connectivity index (χ3v) is 5.81. The number of anilines is 1. The molecule has 3 N–H and O–H groups in total. The van der Waals surface area contributed by atoms with Crippen molar-refractivity contribution < 1.29 is 9.64 Å². The smallest absolute Gasteiger partial charge is 0.171 e. The lowest BCUT2D eigenvalue weighted by atomic mass is 10.0. The van der Waals surface area contributed by atoms with Crippen LogP contribution in [0, 0.1) is 0 Å². The van der Waals surface area contributed by atoms with E-state index in [1.807, 2.05) is 12.1 Å². The Morgan fingerprint density at radius 2 is 1.61 bits per heavy atom. The summed E-state index contributed by atoms with van der Waals surface area (Å²) in [5.41, 5.74) is 3.69. The van der Waals surface area contributed by atoms with Gasteiger partial charge in [-0.15, -0.1) is 0 Å². The van der Waals surface area contributed by atoms with Gasteiger partial charge in [-0.25, -0.2) is 0 Å². The molecular weight excluding hydrogens is 366 g/mol. The molecule has 0 saturated carbocycles. The van der Waals surface area contributed by atoms with E-state index in [2.05, 4.69) is 60.9 Å². The summed E-state index contributed by atoms with van der Waals surface area (Å²) in [4.78, 5) is 1.63. The molecule has 0 aromatic heterocycles. The minimum absolute atomic E-state index is 0.386. The van der Waals surface area contributed by atoms with E-state index in [1.54, 1.807) is 12.0 Å². The van der Waals surface area contributed by atoms with Crippen molar-refractivity contribution in [1.82, 2.24) is 5.32 Å². The zero-order valence-corrected chi connectivity index (χ0v) is 17.9. The molecule has 2 aromatic rings. The number of ether oxygens (including phenoxy) is 1. The average Bonchev–Trinajstić information content (AvgIpc) is 3.23. The van der Waals surface area contributed by atoms with E-state index in [4.69, 9.17) is 17.0 Å². The molecule has 1 atom stereocenters. The lowest BCUT2D eigenvalue weighted by molar-refractivity contribution is -0.918. The molecule has 1 aliphatic rings. The monoisotopic (exact) mass is 398 g/mol. The number of hydrogen-bond acceptors (Lipinski definition) is 2. The van der Waals surface area contributed by atoms with Gasteiger partial charge in [0.2, 0.25) is 0 Å². The van der Waals surface area contributed by atoms with Gasteiger partial charge in [0.15, 0.2) is 5.11 Å². The number of hydrogen-bond donors (Lipinski definition) is 3. The SMILES string of the molecule is COc1ccc([C@H](CNC(=S)Nc2ccc(C(C)C)cc2)[NH+]2CCCC2)cc1. The van der Waals surface area contributed by atoms with Crippen LogP contribution in [-0.4, -0.2) is 31.9 Å². The van der Waals surface area contributed by atoms with E-state index >= 15 is 0 Å². The molecule has 0 bridgehead atoms. The van der Waals surface area contributed by atoms with Gasteiger partial charge in [0, 0.05) is 24.1 Å². The molecule has 0 unspecified atom stereocenters. The van der Waals surface area contributed by atoms with Crippen molar-refractivity contribution in [1.29, 1.82) is 0 Å². The van der Waals surface area contributed by atoms with Crippen LogP contribution in [0.2, 0.25) is 0 Å². The first-order valence-electron chi connectivity index (χ1n) is 10.2. The fourth-order valence-corrected chi connectivity index (χ4v) is 4.03. The number of thiocarbonyl (C=S) groups is 1. The summed E-state index contributed by atoms with van der Waals surface area (Å²) in [5.74, 6) is 1.43. The molecule has 28 heavy (non-hydrogen) atoms. The molecule has 5 heteroatoms. The van der Waals surface area contributed by atoms with Gasteiger partial charge in [-0.05, 0) is 60.1 Å². The Balaban J connectivity index is 1.61. The third-order valence-electron chi connectivity index (χ3n) is 5.56. The number of benzene rings is 2. The zero-order chi connectivity index (χ0) is 19.9. The van der Waals surface area contributed by atoms with Gasteiger partial charge in [0.05, 0.1) is 26.7 Å². The Morgan fingerprint density at radius 1 is 1.00 bits per heavy atom. The third kappa shape index (κ3) is 5.46. The minimum Gasteiger partial charge on any atom is -0.497 e. The van der Waals surface area contributed by atoms with Crippen LogP contribution in [0.4, 0.5) is 5.69 Å². The Hall–Kier alpha value is -2.11. The van der Waals surface area contributed by atoms with Crippen LogP contribution in [0.5, 0.6) is 5.75 Å². The van der Waals surface area contributed by atoms with Crippen LogP contribution >= 0.6 is 12.2 Å². The molecule has 3 rings (SSSR count).